The zero-order valence-corrected chi connectivity index (χ0v) is 13.3. The predicted octanol–water partition coefficient (Wildman–Crippen LogP) is 4.72. The highest BCUT2D eigenvalue weighted by Crippen LogP contribution is 2.41. The summed E-state index contributed by atoms with van der Waals surface area (Å²) < 4.78 is 14.8. The first kappa shape index (κ1) is 15.0. The van der Waals surface area contributed by atoms with E-state index in [1.807, 2.05) is 12.1 Å². The lowest BCUT2D eigenvalue weighted by Crippen LogP contribution is -2.28. The number of rotatable bonds is 5. The zero-order chi connectivity index (χ0) is 13.8. The quantitative estimate of drug-likeness (QED) is 0.825. The number of nitrogens with one attached hydrogen (secondary N) is 1. The maximum absolute atomic E-state index is 14.2. The molecule has 0 saturated heterocycles. The van der Waals surface area contributed by atoms with Crippen molar-refractivity contribution in [1.29, 1.82) is 0 Å². The van der Waals surface area contributed by atoms with Crippen molar-refractivity contribution >= 4 is 15.9 Å². The van der Waals surface area contributed by atoms with Crippen LogP contribution < -0.4 is 5.32 Å². The van der Waals surface area contributed by atoms with Gasteiger partial charge in [0.05, 0.1) is 4.47 Å². The van der Waals surface area contributed by atoms with Crippen LogP contribution in [0.25, 0.3) is 0 Å². The van der Waals surface area contributed by atoms with Gasteiger partial charge in [-0.2, -0.15) is 0 Å². The highest BCUT2D eigenvalue weighted by Gasteiger charge is 2.30. The Morgan fingerprint density at radius 3 is 2.89 bits per heavy atom. The first-order valence-corrected chi connectivity index (χ1v) is 8.03. The van der Waals surface area contributed by atoms with Crippen LogP contribution in [0.4, 0.5) is 4.39 Å². The first-order chi connectivity index (χ1) is 9.09. The fraction of sp³-hybridized carbons (Fsp3) is 0.625. The molecule has 2 atom stereocenters. The first-order valence-electron chi connectivity index (χ1n) is 7.24. The molecule has 2 rings (SSSR count). The molecule has 1 aliphatic rings. The van der Waals surface area contributed by atoms with Gasteiger partial charge in [0.2, 0.25) is 0 Å². The Balaban J connectivity index is 2.04. The Hall–Kier alpha value is -0.410. The lowest BCUT2D eigenvalue weighted by Gasteiger charge is -2.22. The van der Waals surface area contributed by atoms with E-state index < -0.39 is 0 Å². The lowest BCUT2D eigenvalue weighted by molar-refractivity contribution is 0.416. The molecule has 0 aliphatic heterocycles. The molecule has 0 spiro atoms. The maximum Gasteiger partial charge on any atom is 0.140 e. The second kappa shape index (κ2) is 6.85. The standard InChI is InChI=1S/C16H23BrFN/c1-11(2)9-19-10-12-5-3-6-13(12)14-7-4-8-15(17)16(14)18/h4,7-8,11-13,19H,3,5-6,9-10H2,1-2H3. The topological polar surface area (TPSA) is 12.0 Å². The van der Waals surface area contributed by atoms with Crippen molar-refractivity contribution in [3.63, 3.8) is 0 Å². The zero-order valence-electron chi connectivity index (χ0n) is 11.8. The van der Waals surface area contributed by atoms with Gasteiger partial charge in [-0.15, -0.1) is 0 Å². The van der Waals surface area contributed by atoms with E-state index in [-0.39, 0.29) is 5.82 Å². The average molecular weight is 328 g/mol. The van der Waals surface area contributed by atoms with Gasteiger partial charge in [0.25, 0.3) is 0 Å². The van der Waals surface area contributed by atoms with Crippen molar-refractivity contribution in [3.05, 3.63) is 34.1 Å². The summed E-state index contributed by atoms with van der Waals surface area (Å²) in [7, 11) is 0. The molecule has 1 fully saturated rings. The minimum Gasteiger partial charge on any atom is -0.316 e. The number of halogens is 2. The Labute approximate surface area is 124 Å². The van der Waals surface area contributed by atoms with E-state index in [9.17, 15) is 4.39 Å². The van der Waals surface area contributed by atoms with Gasteiger partial charge in [0.1, 0.15) is 5.82 Å². The predicted molar refractivity (Wildman–Crippen MR) is 81.9 cm³/mol. The third-order valence-electron chi connectivity index (χ3n) is 4.00. The van der Waals surface area contributed by atoms with Crippen LogP contribution in [0.2, 0.25) is 0 Å². The molecule has 3 heteroatoms. The van der Waals surface area contributed by atoms with Gasteiger partial charge in [-0.25, -0.2) is 4.39 Å². The molecule has 0 bridgehead atoms. The summed E-state index contributed by atoms with van der Waals surface area (Å²) in [5.74, 6) is 1.55. The van der Waals surface area contributed by atoms with Gasteiger partial charge < -0.3 is 5.32 Å². The summed E-state index contributed by atoms with van der Waals surface area (Å²) >= 11 is 3.29. The van der Waals surface area contributed by atoms with Gasteiger partial charge in [-0.3, -0.25) is 0 Å². The third-order valence-corrected chi connectivity index (χ3v) is 4.61. The van der Waals surface area contributed by atoms with Crippen molar-refractivity contribution in [1.82, 2.24) is 5.32 Å². The highest BCUT2D eigenvalue weighted by atomic mass is 79.9. The molecule has 0 radical (unpaired) electrons. The molecule has 2 unspecified atom stereocenters. The molecule has 19 heavy (non-hydrogen) atoms. The van der Waals surface area contributed by atoms with E-state index in [0.717, 1.165) is 25.1 Å². The number of hydrogen-bond acceptors (Lipinski definition) is 1. The van der Waals surface area contributed by atoms with E-state index in [4.69, 9.17) is 0 Å². The van der Waals surface area contributed by atoms with Crippen LogP contribution >= 0.6 is 15.9 Å². The Morgan fingerprint density at radius 2 is 2.16 bits per heavy atom. The van der Waals surface area contributed by atoms with Gasteiger partial charge in [0, 0.05) is 0 Å². The van der Waals surface area contributed by atoms with Crippen LogP contribution in [0.1, 0.15) is 44.6 Å². The molecular weight excluding hydrogens is 305 g/mol. The van der Waals surface area contributed by atoms with Crippen molar-refractivity contribution < 1.29 is 4.39 Å². The number of hydrogen-bond donors (Lipinski definition) is 1. The molecule has 106 valence electrons. The van der Waals surface area contributed by atoms with Crippen molar-refractivity contribution in [2.75, 3.05) is 13.1 Å². The smallest absolute Gasteiger partial charge is 0.140 e. The highest BCUT2D eigenvalue weighted by molar-refractivity contribution is 9.10. The van der Waals surface area contributed by atoms with Crippen LogP contribution in [-0.2, 0) is 0 Å². The van der Waals surface area contributed by atoms with E-state index in [1.165, 1.54) is 12.8 Å². The molecule has 0 amide bonds. The monoisotopic (exact) mass is 327 g/mol. The van der Waals surface area contributed by atoms with E-state index >= 15 is 0 Å². The summed E-state index contributed by atoms with van der Waals surface area (Å²) in [5.41, 5.74) is 0.892. The SMILES string of the molecule is CC(C)CNCC1CCCC1c1cccc(Br)c1F. The Kier molecular flexibility index (Phi) is 5.40. The molecule has 1 aliphatic carbocycles. The normalized spacial score (nSPS) is 23.2. The Bertz CT molecular complexity index is 419. The number of benzene rings is 1. The van der Waals surface area contributed by atoms with Gasteiger partial charge in [-0.05, 0) is 71.2 Å². The van der Waals surface area contributed by atoms with Gasteiger partial charge in [-0.1, -0.05) is 32.4 Å². The van der Waals surface area contributed by atoms with Crippen LogP contribution in [0.15, 0.2) is 22.7 Å². The largest absolute Gasteiger partial charge is 0.316 e. The summed E-state index contributed by atoms with van der Waals surface area (Å²) in [6.45, 7) is 6.49. The molecule has 0 aromatic heterocycles. The van der Waals surface area contributed by atoms with Crippen LogP contribution in [0.3, 0.4) is 0 Å². The van der Waals surface area contributed by atoms with Crippen LogP contribution in [-0.4, -0.2) is 13.1 Å². The molecule has 1 saturated carbocycles. The second-order valence-corrected chi connectivity index (χ2v) is 6.85. The fourth-order valence-corrected chi connectivity index (χ4v) is 3.44. The second-order valence-electron chi connectivity index (χ2n) is 5.99. The van der Waals surface area contributed by atoms with E-state index in [2.05, 4.69) is 35.1 Å². The molecule has 0 heterocycles. The van der Waals surface area contributed by atoms with E-state index in [0.29, 0.717) is 22.2 Å². The van der Waals surface area contributed by atoms with Gasteiger partial charge >= 0.3 is 0 Å². The maximum atomic E-state index is 14.2. The van der Waals surface area contributed by atoms with Crippen molar-refractivity contribution in [2.45, 2.75) is 39.0 Å². The van der Waals surface area contributed by atoms with Gasteiger partial charge in [0.15, 0.2) is 0 Å². The third kappa shape index (κ3) is 3.79. The molecular formula is C16H23BrFN. The van der Waals surface area contributed by atoms with Crippen molar-refractivity contribution in [3.8, 4) is 0 Å². The minimum atomic E-state index is -0.0664. The molecule has 1 N–H and O–H groups in total. The average Bonchev–Trinajstić information content (AvgIpc) is 2.80. The van der Waals surface area contributed by atoms with E-state index in [1.54, 1.807) is 6.07 Å². The van der Waals surface area contributed by atoms with Crippen LogP contribution in [0, 0.1) is 17.7 Å². The summed E-state index contributed by atoms with van der Waals surface area (Å²) in [4.78, 5) is 0. The van der Waals surface area contributed by atoms with Crippen LogP contribution in [0.5, 0.6) is 0 Å². The molecule has 1 aromatic carbocycles. The minimum absolute atomic E-state index is 0.0664. The molecule has 1 nitrogen and oxygen atoms in total. The fourth-order valence-electron chi connectivity index (χ4n) is 3.05. The Morgan fingerprint density at radius 1 is 1.37 bits per heavy atom. The summed E-state index contributed by atoms with van der Waals surface area (Å²) in [5, 5.41) is 3.53. The summed E-state index contributed by atoms with van der Waals surface area (Å²) in [6, 6.07) is 5.67. The lowest BCUT2D eigenvalue weighted by atomic mass is 9.88. The summed E-state index contributed by atoms with van der Waals surface area (Å²) in [6.07, 6.45) is 3.54. The molecule has 1 aromatic rings. The van der Waals surface area contributed by atoms with Crippen molar-refractivity contribution in [2.24, 2.45) is 11.8 Å².